The first kappa shape index (κ1) is 15.8. The summed E-state index contributed by atoms with van der Waals surface area (Å²) < 4.78 is 38.5. The minimum atomic E-state index is -1.63. The van der Waals surface area contributed by atoms with Crippen LogP contribution < -0.4 is 10.6 Å². The summed E-state index contributed by atoms with van der Waals surface area (Å²) in [6.45, 7) is 1.51. The van der Waals surface area contributed by atoms with E-state index in [1.807, 2.05) is 0 Å². The number of benzene rings is 1. The molecule has 0 radical (unpaired) electrons. The molecule has 0 fully saturated rings. The fourth-order valence-corrected chi connectivity index (χ4v) is 1.43. The van der Waals surface area contributed by atoms with Gasteiger partial charge in [0, 0.05) is 24.4 Å². The number of hydrogen-bond donors (Lipinski definition) is 3. The molecule has 0 saturated heterocycles. The molecule has 0 spiro atoms. The molecule has 1 rings (SSSR count). The fourth-order valence-electron chi connectivity index (χ4n) is 1.43. The molecule has 8 heteroatoms. The van der Waals surface area contributed by atoms with Crippen molar-refractivity contribution >= 4 is 17.7 Å². The average molecular weight is 290 g/mol. The third kappa shape index (κ3) is 4.15. The van der Waals surface area contributed by atoms with Crippen LogP contribution in [0.3, 0.4) is 0 Å². The molecule has 2 amide bonds. The second-order valence-corrected chi connectivity index (χ2v) is 4.03. The molecular formula is C12H13F3N2O3. The molecule has 0 bridgehead atoms. The van der Waals surface area contributed by atoms with Crippen LogP contribution >= 0.6 is 0 Å². The van der Waals surface area contributed by atoms with Gasteiger partial charge in [-0.2, -0.15) is 0 Å². The number of hydrogen-bond acceptors (Lipinski definition) is 2. The number of aliphatic carboxylic acids is 1. The zero-order valence-electron chi connectivity index (χ0n) is 10.5. The van der Waals surface area contributed by atoms with Gasteiger partial charge >= 0.3 is 12.0 Å². The van der Waals surface area contributed by atoms with Gasteiger partial charge in [-0.1, -0.05) is 6.92 Å². The summed E-state index contributed by atoms with van der Waals surface area (Å²) in [5, 5.41) is 13.1. The lowest BCUT2D eigenvalue weighted by Crippen LogP contribution is -2.35. The highest BCUT2D eigenvalue weighted by Gasteiger charge is 2.16. The van der Waals surface area contributed by atoms with Crippen molar-refractivity contribution in [3.63, 3.8) is 0 Å². The van der Waals surface area contributed by atoms with Crippen molar-refractivity contribution < 1.29 is 27.9 Å². The maximum absolute atomic E-state index is 12.9. The number of rotatable bonds is 5. The second-order valence-electron chi connectivity index (χ2n) is 4.03. The van der Waals surface area contributed by atoms with E-state index >= 15 is 0 Å². The quantitative estimate of drug-likeness (QED) is 0.728. The molecule has 1 atom stereocenters. The number of carbonyl (C=O) groups is 2. The molecule has 0 heterocycles. The van der Waals surface area contributed by atoms with Crippen LogP contribution in [0.15, 0.2) is 12.1 Å². The van der Waals surface area contributed by atoms with Gasteiger partial charge in [0.25, 0.3) is 0 Å². The predicted octanol–water partition coefficient (Wildman–Crippen LogP) is 2.34. The number of halogens is 3. The molecule has 5 nitrogen and oxygen atoms in total. The van der Waals surface area contributed by atoms with E-state index in [0.29, 0.717) is 18.6 Å². The van der Waals surface area contributed by atoms with Crippen molar-refractivity contribution in [3.8, 4) is 0 Å². The topological polar surface area (TPSA) is 78.4 Å². The first-order valence-corrected chi connectivity index (χ1v) is 5.77. The number of carboxylic acid groups (broad SMARTS) is 1. The minimum absolute atomic E-state index is 0.135. The van der Waals surface area contributed by atoms with E-state index in [4.69, 9.17) is 5.11 Å². The molecule has 0 aliphatic rings. The molecule has 3 N–H and O–H groups in total. The van der Waals surface area contributed by atoms with Crippen molar-refractivity contribution in [3.05, 3.63) is 29.6 Å². The Balaban J connectivity index is 2.61. The van der Waals surface area contributed by atoms with Gasteiger partial charge in [0.15, 0.2) is 17.5 Å². The van der Waals surface area contributed by atoms with E-state index in [0.717, 1.165) is 0 Å². The number of anilines is 1. The first-order chi connectivity index (χ1) is 9.35. The first-order valence-electron chi connectivity index (χ1n) is 5.77. The summed E-state index contributed by atoms with van der Waals surface area (Å²) in [6.07, 6.45) is 0.315. The monoisotopic (exact) mass is 290 g/mol. The van der Waals surface area contributed by atoms with Crippen LogP contribution in [0, 0.1) is 23.4 Å². The van der Waals surface area contributed by atoms with E-state index in [1.165, 1.54) is 0 Å². The highest BCUT2D eigenvalue weighted by atomic mass is 19.2. The molecule has 20 heavy (non-hydrogen) atoms. The molecule has 0 aliphatic carbocycles. The predicted molar refractivity (Wildman–Crippen MR) is 64.8 cm³/mol. The SMILES string of the molecule is CCC(CNC(=O)Nc1cc(F)c(F)c(F)c1)C(=O)O. The van der Waals surface area contributed by atoms with Crippen LogP contribution in [-0.4, -0.2) is 23.7 Å². The number of urea groups is 1. The summed E-state index contributed by atoms with van der Waals surface area (Å²) >= 11 is 0. The van der Waals surface area contributed by atoms with E-state index in [9.17, 15) is 22.8 Å². The second kappa shape index (κ2) is 6.78. The van der Waals surface area contributed by atoms with Crippen molar-refractivity contribution in [2.75, 3.05) is 11.9 Å². The normalized spacial score (nSPS) is 11.8. The Morgan fingerprint density at radius 1 is 1.25 bits per heavy atom. The maximum atomic E-state index is 12.9. The Morgan fingerprint density at radius 3 is 2.25 bits per heavy atom. The largest absolute Gasteiger partial charge is 0.481 e. The van der Waals surface area contributed by atoms with Crippen LogP contribution in [0.2, 0.25) is 0 Å². The smallest absolute Gasteiger partial charge is 0.319 e. The Morgan fingerprint density at radius 2 is 1.80 bits per heavy atom. The van der Waals surface area contributed by atoms with Gasteiger partial charge in [-0.15, -0.1) is 0 Å². The van der Waals surface area contributed by atoms with Crippen molar-refractivity contribution in [2.24, 2.45) is 5.92 Å². The number of carboxylic acids is 1. The van der Waals surface area contributed by atoms with E-state index in [1.54, 1.807) is 6.92 Å². The van der Waals surface area contributed by atoms with Gasteiger partial charge in [-0.25, -0.2) is 18.0 Å². The summed E-state index contributed by atoms with van der Waals surface area (Å²) in [6, 6.07) is 0.397. The van der Waals surface area contributed by atoms with Crippen molar-refractivity contribution in [1.82, 2.24) is 5.32 Å². The van der Waals surface area contributed by atoms with Crippen LogP contribution in [0.1, 0.15) is 13.3 Å². The molecule has 1 aromatic rings. The van der Waals surface area contributed by atoms with Gasteiger partial charge < -0.3 is 15.7 Å². The lowest BCUT2D eigenvalue weighted by atomic mass is 10.1. The lowest BCUT2D eigenvalue weighted by Gasteiger charge is -2.12. The molecule has 1 aromatic carbocycles. The molecule has 0 aliphatic heterocycles. The van der Waals surface area contributed by atoms with Gasteiger partial charge in [0.1, 0.15) is 0 Å². The maximum Gasteiger partial charge on any atom is 0.319 e. The lowest BCUT2D eigenvalue weighted by molar-refractivity contribution is -0.141. The van der Waals surface area contributed by atoms with E-state index in [2.05, 4.69) is 10.6 Å². The Bertz CT molecular complexity index is 500. The average Bonchev–Trinajstić information content (AvgIpc) is 2.36. The molecule has 0 aromatic heterocycles. The fraction of sp³-hybridized carbons (Fsp3) is 0.333. The zero-order valence-corrected chi connectivity index (χ0v) is 10.5. The number of amides is 2. The van der Waals surface area contributed by atoms with Gasteiger partial charge in [0.05, 0.1) is 5.92 Å². The molecule has 0 saturated carbocycles. The Kier molecular flexibility index (Phi) is 5.36. The highest BCUT2D eigenvalue weighted by molar-refractivity contribution is 5.89. The highest BCUT2D eigenvalue weighted by Crippen LogP contribution is 2.17. The summed E-state index contributed by atoms with van der Waals surface area (Å²) in [7, 11) is 0. The molecular weight excluding hydrogens is 277 g/mol. The van der Waals surface area contributed by atoms with Crippen LogP contribution in [0.5, 0.6) is 0 Å². The van der Waals surface area contributed by atoms with Gasteiger partial charge in [0.2, 0.25) is 0 Å². The standard InChI is InChI=1S/C12H13F3N2O3/c1-2-6(11(18)19)5-16-12(20)17-7-3-8(13)10(15)9(14)4-7/h3-4,6H,2,5H2,1H3,(H,18,19)(H2,16,17,20). The minimum Gasteiger partial charge on any atom is -0.481 e. The van der Waals surface area contributed by atoms with E-state index in [-0.39, 0.29) is 12.2 Å². The van der Waals surface area contributed by atoms with Crippen LogP contribution in [0.4, 0.5) is 23.7 Å². The van der Waals surface area contributed by atoms with Crippen LogP contribution in [0.25, 0.3) is 0 Å². The third-order valence-corrected chi connectivity index (χ3v) is 2.59. The summed E-state index contributed by atoms with van der Waals surface area (Å²) in [4.78, 5) is 22.1. The molecule has 110 valence electrons. The summed E-state index contributed by atoms with van der Waals surface area (Å²) in [5.74, 6) is -6.32. The van der Waals surface area contributed by atoms with Gasteiger partial charge in [-0.3, -0.25) is 4.79 Å². The number of nitrogens with one attached hydrogen (secondary N) is 2. The Labute approximate surface area is 112 Å². The Hall–Kier alpha value is -2.25. The van der Waals surface area contributed by atoms with Crippen LogP contribution in [-0.2, 0) is 4.79 Å². The van der Waals surface area contributed by atoms with Gasteiger partial charge in [-0.05, 0) is 6.42 Å². The zero-order chi connectivity index (χ0) is 15.3. The van der Waals surface area contributed by atoms with E-state index < -0.39 is 35.4 Å². The molecule has 1 unspecified atom stereocenters. The van der Waals surface area contributed by atoms with Crippen molar-refractivity contribution in [2.45, 2.75) is 13.3 Å². The summed E-state index contributed by atoms with van der Waals surface area (Å²) in [5.41, 5.74) is -0.276. The number of carbonyl (C=O) groups excluding carboxylic acids is 1. The van der Waals surface area contributed by atoms with Crippen molar-refractivity contribution in [1.29, 1.82) is 0 Å². The third-order valence-electron chi connectivity index (χ3n) is 2.59.